The Morgan fingerprint density at radius 1 is 0.463 bits per heavy atom. The van der Waals surface area contributed by atoms with Gasteiger partial charge in [0, 0.05) is 54.7 Å². The van der Waals surface area contributed by atoms with E-state index < -0.39 is 0 Å². The zero-order valence-electron chi connectivity index (χ0n) is 51.6. The molecule has 0 radical (unpaired) electrons. The van der Waals surface area contributed by atoms with Crippen molar-refractivity contribution in [2.75, 3.05) is 9.80 Å². The second-order valence-corrected chi connectivity index (χ2v) is 32.1. The van der Waals surface area contributed by atoms with Gasteiger partial charge < -0.3 is 9.80 Å². The lowest BCUT2D eigenvalue weighted by molar-refractivity contribution is 0.332. The maximum Gasteiger partial charge on any atom is 0.252 e. The minimum Gasteiger partial charge on any atom is -0.311 e. The normalized spacial score (nSPS) is 20.6. The maximum atomic E-state index is 2.86. The van der Waals surface area contributed by atoms with Gasteiger partial charge in [-0.2, -0.15) is 0 Å². The number of benzene rings is 7. The first kappa shape index (κ1) is 52.5. The van der Waals surface area contributed by atoms with Crippen LogP contribution in [0.3, 0.4) is 0 Å². The Kier molecular flexibility index (Phi) is 11.2. The number of hydrogen-bond acceptors (Lipinski definition) is 3. The lowest BCUT2D eigenvalue weighted by atomic mass is 9.33. The summed E-state index contributed by atoms with van der Waals surface area (Å²) in [5.74, 6) is 0.500. The van der Waals surface area contributed by atoms with Crippen LogP contribution in [0.1, 0.15) is 234 Å². The van der Waals surface area contributed by atoms with Crippen molar-refractivity contribution in [3.05, 3.63) is 170 Å². The van der Waals surface area contributed by atoms with Crippen LogP contribution in [0.4, 0.5) is 34.1 Å². The van der Waals surface area contributed by atoms with Crippen LogP contribution in [-0.2, 0) is 37.9 Å². The molecule has 0 unspecified atom stereocenters. The number of thiophene rings is 1. The Bertz CT molecular complexity index is 3970. The minimum atomic E-state index is -0.211. The van der Waals surface area contributed by atoms with Gasteiger partial charge >= 0.3 is 0 Å². The minimum absolute atomic E-state index is 0.000604. The molecular weight excluding hydrogens is 984 g/mol. The van der Waals surface area contributed by atoms with Crippen LogP contribution in [0.2, 0.25) is 0 Å². The first-order valence-corrected chi connectivity index (χ1v) is 31.8. The van der Waals surface area contributed by atoms with E-state index in [1.54, 1.807) is 0 Å². The Morgan fingerprint density at radius 3 is 1.51 bits per heavy atom. The molecule has 7 aromatic carbocycles. The van der Waals surface area contributed by atoms with Crippen molar-refractivity contribution in [3.8, 4) is 0 Å². The fourth-order valence-corrected chi connectivity index (χ4v) is 18.1. The molecule has 1 fully saturated rings. The number of anilines is 6. The summed E-state index contributed by atoms with van der Waals surface area (Å²) in [7, 11) is 0. The number of aryl methyl sites for hydroxylation is 2. The Balaban J connectivity index is 1.16. The molecule has 0 saturated heterocycles. The molecule has 3 heterocycles. The summed E-state index contributed by atoms with van der Waals surface area (Å²) in [6.07, 6.45) is 11.2. The molecule has 0 amide bonds. The van der Waals surface area contributed by atoms with E-state index in [1.165, 1.54) is 195 Å². The van der Waals surface area contributed by atoms with Crippen LogP contribution in [-0.4, -0.2) is 6.71 Å². The molecule has 14 rings (SSSR count). The van der Waals surface area contributed by atoms with Crippen LogP contribution >= 0.6 is 11.3 Å². The summed E-state index contributed by atoms with van der Waals surface area (Å²) in [5, 5.41) is 2.76. The lowest BCUT2D eigenvalue weighted by Crippen LogP contribution is -2.62. The molecule has 4 heteroatoms. The predicted molar refractivity (Wildman–Crippen MR) is 349 cm³/mol. The molecular formula is C76H87BN2S. The quantitative estimate of drug-likeness (QED) is 0.163. The Labute approximate surface area is 484 Å². The summed E-state index contributed by atoms with van der Waals surface area (Å²) < 4.78 is 2.78. The molecule has 410 valence electrons. The predicted octanol–water partition coefficient (Wildman–Crippen LogP) is 19.8. The van der Waals surface area contributed by atoms with Crippen molar-refractivity contribution < 1.29 is 0 Å². The summed E-state index contributed by atoms with van der Waals surface area (Å²) in [6, 6.07) is 43.5. The Morgan fingerprint density at radius 2 is 0.963 bits per heavy atom. The lowest BCUT2D eigenvalue weighted by Gasteiger charge is -2.49. The van der Waals surface area contributed by atoms with E-state index >= 15 is 0 Å². The summed E-state index contributed by atoms with van der Waals surface area (Å²) >= 11 is 2.03. The molecule has 2 nitrogen and oxygen atoms in total. The molecule has 0 atom stereocenters. The fraction of sp³-hybridized carbons (Fsp3) is 0.447. The first-order chi connectivity index (χ1) is 37.6. The van der Waals surface area contributed by atoms with Crippen LogP contribution in [0, 0.1) is 13.8 Å². The average molecular weight is 1070 g/mol. The zero-order valence-corrected chi connectivity index (χ0v) is 52.5. The van der Waals surface area contributed by atoms with E-state index in [0.717, 1.165) is 0 Å². The average Bonchev–Trinajstić information content (AvgIpc) is 3.42. The van der Waals surface area contributed by atoms with Crippen molar-refractivity contribution in [1.29, 1.82) is 0 Å². The second kappa shape index (κ2) is 17.0. The van der Waals surface area contributed by atoms with Gasteiger partial charge in [0.2, 0.25) is 0 Å². The molecule has 0 N–H and O–H groups in total. The van der Waals surface area contributed by atoms with Crippen LogP contribution < -0.4 is 26.2 Å². The number of hydrogen-bond donors (Lipinski definition) is 0. The smallest absolute Gasteiger partial charge is 0.252 e. The van der Waals surface area contributed by atoms with Crippen LogP contribution in [0.5, 0.6) is 0 Å². The second-order valence-electron chi connectivity index (χ2n) is 31.0. The van der Waals surface area contributed by atoms with E-state index in [0.29, 0.717) is 5.92 Å². The van der Waals surface area contributed by atoms with E-state index in [1.807, 2.05) is 11.3 Å². The summed E-state index contributed by atoms with van der Waals surface area (Å²) in [5.41, 5.74) is 30.0. The van der Waals surface area contributed by atoms with Gasteiger partial charge in [-0.25, -0.2) is 0 Å². The van der Waals surface area contributed by atoms with Gasteiger partial charge in [0.1, 0.15) is 0 Å². The summed E-state index contributed by atoms with van der Waals surface area (Å²) in [4.78, 5) is 5.71. The van der Waals surface area contributed by atoms with E-state index in [-0.39, 0.29) is 44.6 Å². The highest BCUT2D eigenvalue weighted by Crippen LogP contribution is 2.58. The van der Waals surface area contributed by atoms with Gasteiger partial charge in [-0.05, 0) is 211 Å². The van der Waals surface area contributed by atoms with Crippen molar-refractivity contribution in [2.24, 2.45) is 0 Å². The molecule has 1 saturated carbocycles. The SMILES string of the molecule is Cc1cc2c(cc1N1c3cc4c(cc3B3c5ccc6c(sc7ccc(C(C)(C)C)cc76)c5N(c5cc6c(cc5C)C(C)(C)CCC6(C)C)c5cc(C6CCCCC6)cc1c53)C(C)(C)c1ccccc1C4(C)C)C(C)(C)CCC2(C)C. The van der Waals surface area contributed by atoms with Crippen molar-refractivity contribution in [3.63, 3.8) is 0 Å². The third kappa shape index (κ3) is 7.40. The topological polar surface area (TPSA) is 6.48 Å². The van der Waals surface area contributed by atoms with Crippen LogP contribution in [0.25, 0.3) is 20.2 Å². The molecule has 0 bridgehead atoms. The summed E-state index contributed by atoms with van der Waals surface area (Å²) in [6.45, 7) is 42.0. The molecule has 4 aliphatic carbocycles. The van der Waals surface area contributed by atoms with E-state index in [9.17, 15) is 0 Å². The van der Waals surface area contributed by atoms with Gasteiger partial charge in [-0.15, -0.1) is 11.3 Å². The molecule has 0 spiro atoms. The molecule has 2 aliphatic heterocycles. The highest BCUT2D eigenvalue weighted by atomic mass is 32.1. The highest BCUT2D eigenvalue weighted by molar-refractivity contribution is 7.26. The Hall–Kier alpha value is -5.58. The van der Waals surface area contributed by atoms with Gasteiger partial charge in [0.15, 0.2) is 0 Å². The number of fused-ring (bicyclic) bond motifs is 12. The van der Waals surface area contributed by atoms with Gasteiger partial charge in [0.25, 0.3) is 6.71 Å². The van der Waals surface area contributed by atoms with Crippen LogP contribution in [0.15, 0.2) is 103 Å². The molecule has 1 aromatic heterocycles. The third-order valence-corrected chi connectivity index (χ3v) is 23.4. The van der Waals surface area contributed by atoms with Gasteiger partial charge in [-0.1, -0.05) is 184 Å². The number of rotatable bonds is 3. The number of nitrogens with zero attached hydrogens (tertiary/aromatic N) is 2. The van der Waals surface area contributed by atoms with Gasteiger partial charge in [-0.3, -0.25) is 0 Å². The molecule has 6 aliphatic rings. The first-order valence-electron chi connectivity index (χ1n) is 31.0. The van der Waals surface area contributed by atoms with E-state index in [4.69, 9.17) is 0 Å². The van der Waals surface area contributed by atoms with Crippen molar-refractivity contribution >= 4 is 88.7 Å². The fourth-order valence-electron chi connectivity index (χ4n) is 16.8. The van der Waals surface area contributed by atoms with Gasteiger partial charge in [0.05, 0.1) is 10.4 Å². The van der Waals surface area contributed by atoms with Crippen molar-refractivity contribution in [1.82, 2.24) is 0 Å². The third-order valence-electron chi connectivity index (χ3n) is 22.2. The molecule has 80 heavy (non-hydrogen) atoms. The molecule has 8 aromatic rings. The monoisotopic (exact) mass is 1070 g/mol. The largest absolute Gasteiger partial charge is 0.311 e. The van der Waals surface area contributed by atoms with Crippen molar-refractivity contribution in [2.45, 2.75) is 219 Å². The van der Waals surface area contributed by atoms with E-state index in [2.05, 4.69) is 231 Å². The maximum absolute atomic E-state index is 2.86. The zero-order chi connectivity index (χ0) is 56.3. The highest BCUT2D eigenvalue weighted by Gasteiger charge is 2.50. The standard InChI is InChI=1S/C76H87BN2S/c1-44-35-53-55(73(10,11)33-31-71(53,6)7)41-61(44)78-63-43-58-57(75(14,15)51-25-21-22-26-52(51)76(58,16)17)40-60(63)77-59-29-28-49-50-39-48(70(3,4)5)27-30-66(50)80-69(49)68(59)79(65-38-47(37-64(78)67(65)77)46-23-19-18-20-24-46)62-42-56-54(36-45(62)2)72(8,9)32-34-74(56,12)13/h21-22,25-30,35-43,46H,18-20,23-24,31-34H2,1-17H3.